The highest BCUT2D eigenvalue weighted by Crippen LogP contribution is 2.22. The molecule has 1 unspecified atom stereocenters. The van der Waals surface area contributed by atoms with Gasteiger partial charge in [-0.3, -0.25) is 9.59 Å². The molecule has 0 radical (unpaired) electrons. The lowest BCUT2D eigenvalue weighted by atomic mass is 10.1. The Kier molecular flexibility index (Phi) is 6.59. The van der Waals surface area contributed by atoms with Crippen LogP contribution in [0.1, 0.15) is 12.0 Å². The van der Waals surface area contributed by atoms with Crippen molar-refractivity contribution in [2.45, 2.75) is 19.4 Å². The number of hydrogen-bond acceptors (Lipinski definition) is 5. The zero-order chi connectivity index (χ0) is 19.1. The second-order valence-electron chi connectivity index (χ2n) is 6.73. The second kappa shape index (κ2) is 9.32. The van der Waals surface area contributed by atoms with Crippen molar-refractivity contribution in [2.24, 2.45) is 5.92 Å². The summed E-state index contributed by atoms with van der Waals surface area (Å²) in [6, 6.07) is 11.7. The molecule has 2 aromatic rings. The zero-order valence-electron chi connectivity index (χ0n) is 15.6. The summed E-state index contributed by atoms with van der Waals surface area (Å²) in [4.78, 5) is 26.6. The number of aromatic nitrogens is 2. The molecule has 1 aromatic carbocycles. The predicted molar refractivity (Wildman–Crippen MR) is 104 cm³/mol. The molecule has 1 atom stereocenters. The molecule has 1 N–H and O–H groups in total. The van der Waals surface area contributed by atoms with Crippen molar-refractivity contribution in [3.05, 3.63) is 58.5 Å². The van der Waals surface area contributed by atoms with E-state index in [1.165, 1.54) is 10.2 Å². The standard InChI is InChI=1S/C20H26N4O3/c1-27-12-11-24-19(25)13-18(14-22-24)23-10-8-17(15-23)20(26)21-9-7-16-5-3-2-4-6-16/h2-6,13-14,17H,7-12,15H2,1H3,(H,21,26). The van der Waals surface area contributed by atoms with Gasteiger partial charge in [0, 0.05) is 32.8 Å². The molecule has 2 heterocycles. The van der Waals surface area contributed by atoms with Crippen LogP contribution in [0.25, 0.3) is 0 Å². The first-order valence-corrected chi connectivity index (χ1v) is 9.30. The molecule has 0 saturated carbocycles. The van der Waals surface area contributed by atoms with Gasteiger partial charge in [-0.2, -0.15) is 5.10 Å². The summed E-state index contributed by atoms with van der Waals surface area (Å²) in [7, 11) is 1.59. The number of carbonyl (C=O) groups excluding carboxylic acids is 1. The fraction of sp³-hybridized carbons (Fsp3) is 0.450. The van der Waals surface area contributed by atoms with Gasteiger partial charge in [0.05, 0.1) is 31.0 Å². The highest BCUT2D eigenvalue weighted by molar-refractivity contribution is 5.80. The summed E-state index contributed by atoms with van der Waals surface area (Å²) in [5.41, 5.74) is 1.83. The third-order valence-electron chi connectivity index (χ3n) is 4.84. The van der Waals surface area contributed by atoms with Gasteiger partial charge in [-0.05, 0) is 18.4 Å². The third-order valence-corrected chi connectivity index (χ3v) is 4.84. The number of hydrogen-bond donors (Lipinski definition) is 1. The summed E-state index contributed by atoms with van der Waals surface area (Å²) < 4.78 is 6.36. The van der Waals surface area contributed by atoms with Crippen molar-refractivity contribution in [3.63, 3.8) is 0 Å². The molecular formula is C20H26N4O3. The molecule has 1 amide bonds. The lowest BCUT2D eigenvalue weighted by Crippen LogP contribution is -2.34. The quantitative estimate of drug-likeness (QED) is 0.752. The summed E-state index contributed by atoms with van der Waals surface area (Å²) in [5, 5.41) is 7.22. The number of nitrogens with zero attached hydrogens (tertiary/aromatic N) is 3. The normalized spacial score (nSPS) is 16.5. The molecule has 1 aromatic heterocycles. The molecule has 7 heteroatoms. The number of amides is 1. The molecule has 7 nitrogen and oxygen atoms in total. The zero-order valence-corrected chi connectivity index (χ0v) is 15.6. The van der Waals surface area contributed by atoms with Gasteiger partial charge in [-0.1, -0.05) is 30.3 Å². The second-order valence-corrected chi connectivity index (χ2v) is 6.73. The highest BCUT2D eigenvalue weighted by Gasteiger charge is 2.28. The molecular weight excluding hydrogens is 344 g/mol. The number of rotatable bonds is 8. The van der Waals surface area contributed by atoms with Crippen molar-refractivity contribution in [2.75, 3.05) is 38.3 Å². The maximum atomic E-state index is 12.4. The molecule has 27 heavy (non-hydrogen) atoms. The van der Waals surface area contributed by atoms with Gasteiger partial charge < -0.3 is 15.0 Å². The first-order chi connectivity index (χ1) is 13.2. The van der Waals surface area contributed by atoms with Crippen molar-refractivity contribution >= 4 is 11.6 Å². The Morgan fingerprint density at radius 2 is 2.15 bits per heavy atom. The van der Waals surface area contributed by atoms with Gasteiger partial charge in [0.15, 0.2) is 0 Å². The molecule has 1 fully saturated rings. The van der Waals surface area contributed by atoms with E-state index < -0.39 is 0 Å². The Labute approximate surface area is 158 Å². The van der Waals surface area contributed by atoms with Crippen molar-refractivity contribution in [1.82, 2.24) is 15.1 Å². The average Bonchev–Trinajstić information content (AvgIpc) is 3.18. The molecule has 0 bridgehead atoms. The van der Waals surface area contributed by atoms with E-state index in [1.807, 2.05) is 18.2 Å². The SMILES string of the molecule is COCCn1ncc(N2CCC(C(=O)NCCc3ccccc3)C2)cc1=O. The van der Waals surface area contributed by atoms with Crippen LogP contribution in [0.4, 0.5) is 5.69 Å². The monoisotopic (exact) mass is 370 g/mol. The van der Waals surface area contributed by atoms with E-state index in [4.69, 9.17) is 4.74 Å². The Morgan fingerprint density at radius 3 is 2.89 bits per heavy atom. The first-order valence-electron chi connectivity index (χ1n) is 9.30. The van der Waals surface area contributed by atoms with Crippen LogP contribution in [-0.2, 0) is 22.5 Å². The summed E-state index contributed by atoms with van der Waals surface area (Å²) in [5.74, 6) is 0.0199. The fourth-order valence-electron chi connectivity index (χ4n) is 3.27. The van der Waals surface area contributed by atoms with E-state index in [-0.39, 0.29) is 17.4 Å². The van der Waals surface area contributed by atoms with E-state index in [2.05, 4.69) is 27.4 Å². The Balaban J connectivity index is 1.49. The van der Waals surface area contributed by atoms with E-state index in [1.54, 1.807) is 19.4 Å². The maximum Gasteiger partial charge on any atom is 0.268 e. The van der Waals surface area contributed by atoms with Crippen LogP contribution >= 0.6 is 0 Å². The number of anilines is 1. The van der Waals surface area contributed by atoms with Crippen molar-refractivity contribution in [1.29, 1.82) is 0 Å². The third kappa shape index (κ3) is 5.17. The first kappa shape index (κ1) is 19.1. The number of ether oxygens (including phenoxy) is 1. The maximum absolute atomic E-state index is 12.4. The van der Waals surface area contributed by atoms with Gasteiger partial charge in [-0.25, -0.2) is 4.68 Å². The van der Waals surface area contributed by atoms with Gasteiger partial charge in [0.1, 0.15) is 0 Å². The predicted octanol–water partition coefficient (Wildman–Crippen LogP) is 1.07. The number of benzene rings is 1. The Bertz CT molecular complexity index is 806. The number of carbonyl (C=O) groups is 1. The van der Waals surface area contributed by atoms with Crippen LogP contribution < -0.4 is 15.8 Å². The molecule has 1 aliphatic rings. The molecule has 0 aliphatic carbocycles. The van der Waals surface area contributed by atoms with Gasteiger partial charge in [0.25, 0.3) is 5.56 Å². The minimum atomic E-state index is -0.152. The van der Waals surface area contributed by atoms with Gasteiger partial charge >= 0.3 is 0 Å². The van der Waals surface area contributed by atoms with Crippen LogP contribution in [0, 0.1) is 5.92 Å². The average molecular weight is 370 g/mol. The fourth-order valence-corrected chi connectivity index (χ4v) is 3.27. The minimum Gasteiger partial charge on any atom is -0.383 e. The minimum absolute atomic E-state index is 0.0586. The van der Waals surface area contributed by atoms with E-state index >= 15 is 0 Å². The van der Waals surface area contributed by atoms with Crippen LogP contribution in [0.5, 0.6) is 0 Å². The molecule has 0 spiro atoms. The summed E-state index contributed by atoms with van der Waals surface area (Å²) in [6.45, 7) is 2.88. The van der Waals surface area contributed by atoms with Crippen LogP contribution in [-0.4, -0.2) is 49.0 Å². The van der Waals surface area contributed by atoms with E-state index in [0.717, 1.165) is 25.1 Å². The summed E-state index contributed by atoms with van der Waals surface area (Å²) in [6.07, 6.45) is 3.29. The van der Waals surface area contributed by atoms with E-state index in [0.29, 0.717) is 26.2 Å². The van der Waals surface area contributed by atoms with Crippen molar-refractivity contribution in [3.8, 4) is 0 Å². The van der Waals surface area contributed by atoms with Crippen LogP contribution in [0.3, 0.4) is 0 Å². The molecule has 3 rings (SSSR count). The number of methoxy groups -OCH3 is 1. The largest absolute Gasteiger partial charge is 0.383 e. The summed E-state index contributed by atoms with van der Waals surface area (Å²) >= 11 is 0. The van der Waals surface area contributed by atoms with Gasteiger partial charge in [0.2, 0.25) is 5.91 Å². The van der Waals surface area contributed by atoms with Gasteiger partial charge in [-0.15, -0.1) is 0 Å². The molecule has 144 valence electrons. The lowest BCUT2D eigenvalue weighted by Gasteiger charge is -2.18. The smallest absolute Gasteiger partial charge is 0.268 e. The van der Waals surface area contributed by atoms with Crippen LogP contribution in [0.15, 0.2) is 47.4 Å². The number of nitrogens with one attached hydrogen (secondary N) is 1. The molecule has 1 aliphatic heterocycles. The lowest BCUT2D eigenvalue weighted by molar-refractivity contribution is -0.124. The topological polar surface area (TPSA) is 76.5 Å². The Hall–Kier alpha value is -2.67. The highest BCUT2D eigenvalue weighted by atomic mass is 16.5. The van der Waals surface area contributed by atoms with Crippen molar-refractivity contribution < 1.29 is 9.53 Å². The van der Waals surface area contributed by atoms with Crippen LogP contribution in [0.2, 0.25) is 0 Å². The van der Waals surface area contributed by atoms with E-state index in [9.17, 15) is 9.59 Å². The molecule has 1 saturated heterocycles. The Morgan fingerprint density at radius 1 is 1.33 bits per heavy atom.